The van der Waals surface area contributed by atoms with Gasteiger partial charge in [-0.1, -0.05) is 108 Å². The second kappa shape index (κ2) is 8.47. The SMILES string of the molecule is CC(C)(C)c1cc(C=NC(c2ccccc2)c2ccccc2)c(O)c(C(C)(C)C)c1. The number of hydrogen-bond acceptors (Lipinski definition) is 2. The molecular formula is C28H33NO. The molecule has 0 radical (unpaired) electrons. The Bertz CT molecular complexity index is 967. The first-order valence-corrected chi connectivity index (χ1v) is 10.6. The van der Waals surface area contributed by atoms with Gasteiger partial charge in [0, 0.05) is 17.3 Å². The quantitative estimate of drug-likeness (QED) is 0.462. The summed E-state index contributed by atoms with van der Waals surface area (Å²) in [6.45, 7) is 13.0. The van der Waals surface area contributed by atoms with Crippen LogP contribution in [0.1, 0.15) is 75.4 Å². The molecule has 3 rings (SSSR count). The molecule has 0 aliphatic rings. The lowest BCUT2D eigenvalue weighted by atomic mass is 9.79. The molecule has 0 aromatic heterocycles. The van der Waals surface area contributed by atoms with E-state index in [9.17, 15) is 5.11 Å². The van der Waals surface area contributed by atoms with Gasteiger partial charge in [-0.15, -0.1) is 0 Å². The van der Waals surface area contributed by atoms with E-state index in [1.807, 2.05) is 42.6 Å². The molecule has 0 heterocycles. The summed E-state index contributed by atoms with van der Waals surface area (Å²) in [5.41, 5.74) is 4.99. The Morgan fingerprint density at radius 1 is 0.733 bits per heavy atom. The third-order valence-electron chi connectivity index (χ3n) is 5.41. The molecule has 0 fully saturated rings. The summed E-state index contributed by atoms with van der Waals surface area (Å²) < 4.78 is 0. The number of aromatic hydroxyl groups is 1. The predicted octanol–water partition coefficient (Wildman–Crippen LogP) is 7.20. The van der Waals surface area contributed by atoms with Gasteiger partial charge in [0.15, 0.2) is 0 Å². The number of nitrogens with zero attached hydrogens (tertiary/aromatic N) is 1. The van der Waals surface area contributed by atoms with Gasteiger partial charge in [-0.2, -0.15) is 0 Å². The van der Waals surface area contributed by atoms with E-state index in [4.69, 9.17) is 4.99 Å². The molecule has 3 aromatic rings. The van der Waals surface area contributed by atoms with Crippen molar-refractivity contribution in [1.82, 2.24) is 0 Å². The van der Waals surface area contributed by atoms with E-state index in [0.29, 0.717) is 5.75 Å². The van der Waals surface area contributed by atoms with E-state index in [0.717, 1.165) is 22.3 Å². The maximum absolute atomic E-state index is 11.1. The van der Waals surface area contributed by atoms with Crippen molar-refractivity contribution in [3.05, 3.63) is 101 Å². The van der Waals surface area contributed by atoms with Crippen LogP contribution in [0.3, 0.4) is 0 Å². The Morgan fingerprint density at radius 3 is 1.67 bits per heavy atom. The standard InChI is InChI=1S/C28H33NO/c1-27(2,3)23-17-22(26(30)24(18-23)28(4,5)6)19-29-25(20-13-9-7-10-14-20)21-15-11-8-12-16-21/h7-19,25,30H,1-6H3. The molecule has 0 saturated carbocycles. The maximum Gasteiger partial charge on any atom is 0.128 e. The summed E-state index contributed by atoms with van der Waals surface area (Å²) in [6.07, 6.45) is 1.84. The summed E-state index contributed by atoms with van der Waals surface area (Å²) in [5, 5.41) is 11.1. The molecule has 0 spiro atoms. The molecule has 0 atom stereocenters. The van der Waals surface area contributed by atoms with Gasteiger partial charge in [0.05, 0.1) is 6.04 Å². The lowest BCUT2D eigenvalue weighted by Gasteiger charge is -2.27. The second-order valence-electron chi connectivity index (χ2n) is 9.96. The normalized spacial score (nSPS) is 12.6. The highest BCUT2D eigenvalue weighted by atomic mass is 16.3. The van der Waals surface area contributed by atoms with E-state index < -0.39 is 0 Å². The van der Waals surface area contributed by atoms with Crippen LogP contribution in [0.15, 0.2) is 77.8 Å². The lowest BCUT2D eigenvalue weighted by Crippen LogP contribution is -2.17. The third-order valence-corrected chi connectivity index (χ3v) is 5.41. The van der Waals surface area contributed by atoms with Crippen LogP contribution in [0.5, 0.6) is 5.75 Å². The molecule has 156 valence electrons. The van der Waals surface area contributed by atoms with Gasteiger partial charge < -0.3 is 5.11 Å². The maximum atomic E-state index is 11.1. The van der Waals surface area contributed by atoms with Crippen LogP contribution in [0.4, 0.5) is 0 Å². The summed E-state index contributed by atoms with van der Waals surface area (Å²) in [7, 11) is 0. The molecule has 0 saturated heterocycles. The molecular weight excluding hydrogens is 366 g/mol. The Labute approximate surface area is 181 Å². The first-order valence-electron chi connectivity index (χ1n) is 10.6. The molecule has 1 N–H and O–H groups in total. The van der Waals surface area contributed by atoms with Crippen molar-refractivity contribution < 1.29 is 5.11 Å². The summed E-state index contributed by atoms with van der Waals surface area (Å²) in [4.78, 5) is 4.96. The van der Waals surface area contributed by atoms with Crippen molar-refractivity contribution in [1.29, 1.82) is 0 Å². The van der Waals surface area contributed by atoms with Crippen molar-refractivity contribution in [2.75, 3.05) is 0 Å². The van der Waals surface area contributed by atoms with Gasteiger partial charge in [-0.3, -0.25) is 4.99 Å². The van der Waals surface area contributed by atoms with Crippen LogP contribution >= 0.6 is 0 Å². The molecule has 2 heteroatoms. The molecule has 0 bridgehead atoms. The van der Waals surface area contributed by atoms with E-state index in [-0.39, 0.29) is 16.9 Å². The Morgan fingerprint density at radius 2 is 1.23 bits per heavy atom. The van der Waals surface area contributed by atoms with Crippen molar-refractivity contribution in [3.8, 4) is 5.75 Å². The van der Waals surface area contributed by atoms with Crippen LogP contribution in [0, 0.1) is 0 Å². The number of rotatable bonds is 4. The average molecular weight is 400 g/mol. The molecule has 2 nitrogen and oxygen atoms in total. The molecule has 30 heavy (non-hydrogen) atoms. The van der Waals surface area contributed by atoms with E-state index in [1.165, 1.54) is 5.56 Å². The monoisotopic (exact) mass is 399 g/mol. The molecule has 3 aromatic carbocycles. The van der Waals surface area contributed by atoms with E-state index >= 15 is 0 Å². The third kappa shape index (κ3) is 4.99. The van der Waals surface area contributed by atoms with Gasteiger partial charge in [-0.25, -0.2) is 0 Å². The summed E-state index contributed by atoms with van der Waals surface area (Å²) >= 11 is 0. The van der Waals surface area contributed by atoms with Gasteiger partial charge in [0.25, 0.3) is 0 Å². The molecule has 0 amide bonds. The fraction of sp³-hybridized carbons (Fsp3) is 0.321. The highest BCUT2D eigenvalue weighted by Crippen LogP contribution is 2.37. The van der Waals surface area contributed by atoms with Crippen molar-refractivity contribution in [2.24, 2.45) is 4.99 Å². The Balaban J connectivity index is 2.12. The lowest BCUT2D eigenvalue weighted by molar-refractivity contribution is 0.444. The number of aliphatic imine (C=N–C) groups is 1. The van der Waals surface area contributed by atoms with E-state index in [1.54, 1.807) is 0 Å². The minimum absolute atomic E-state index is 0.0193. The van der Waals surface area contributed by atoms with Gasteiger partial charge in [-0.05, 0) is 33.6 Å². The van der Waals surface area contributed by atoms with E-state index in [2.05, 4.69) is 77.9 Å². The molecule has 0 unspecified atom stereocenters. The fourth-order valence-electron chi connectivity index (χ4n) is 3.55. The minimum atomic E-state index is -0.161. The van der Waals surface area contributed by atoms with Crippen LogP contribution in [0.25, 0.3) is 0 Å². The largest absolute Gasteiger partial charge is 0.507 e. The number of benzene rings is 3. The second-order valence-corrected chi connectivity index (χ2v) is 9.96. The topological polar surface area (TPSA) is 32.6 Å². The van der Waals surface area contributed by atoms with Crippen molar-refractivity contribution in [2.45, 2.75) is 58.4 Å². The summed E-state index contributed by atoms with van der Waals surface area (Å²) in [6, 6.07) is 24.7. The molecule has 0 aliphatic heterocycles. The van der Waals surface area contributed by atoms with Crippen LogP contribution in [0.2, 0.25) is 0 Å². The van der Waals surface area contributed by atoms with Gasteiger partial charge in [0.1, 0.15) is 5.75 Å². The zero-order valence-corrected chi connectivity index (χ0v) is 19.0. The average Bonchev–Trinajstić information content (AvgIpc) is 2.69. The number of hydrogen-bond donors (Lipinski definition) is 1. The Hall–Kier alpha value is -2.87. The van der Waals surface area contributed by atoms with Gasteiger partial charge in [0.2, 0.25) is 0 Å². The van der Waals surface area contributed by atoms with Crippen LogP contribution in [-0.4, -0.2) is 11.3 Å². The predicted molar refractivity (Wildman–Crippen MR) is 128 cm³/mol. The zero-order valence-electron chi connectivity index (χ0n) is 19.0. The first kappa shape index (κ1) is 21.8. The highest BCUT2D eigenvalue weighted by molar-refractivity contribution is 5.85. The minimum Gasteiger partial charge on any atom is -0.507 e. The fourth-order valence-corrected chi connectivity index (χ4v) is 3.55. The van der Waals surface area contributed by atoms with Gasteiger partial charge >= 0.3 is 0 Å². The van der Waals surface area contributed by atoms with Crippen LogP contribution in [-0.2, 0) is 10.8 Å². The van der Waals surface area contributed by atoms with Crippen LogP contribution < -0.4 is 0 Å². The number of phenols is 1. The Kier molecular flexibility index (Phi) is 6.17. The summed E-state index contributed by atoms with van der Waals surface area (Å²) in [5.74, 6) is 0.319. The zero-order chi connectivity index (χ0) is 21.9. The molecule has 0 aliphatic carbocycles. The smallest absolute Gasteiger partial charge is 0.128 e. The number of phenolic OH excluding ortho intramolecular Hbond substituents is 1. The first-order chi connectivity index (χ1) is 14.1. The van der Waals surface area contributed by atoms with Crippen molar-refractivity contribution >= 4 is 6.21 Å². The van der Waals surface area contributed by atoms with Crippen molar-refractivity contribution in [3.63, 3.8) is 0 Å². The highest BCUT2D eigenvalue weighted by Gasteiger charge is 2.24.